The summed E-state index contributed by atoms with van der Waals surface area (Å²) in [7, 11) is -4.73. The summed E-state index contributed by atoms with van der Waals surface area (Å²) in [6, 6.07) is 0. The van der Waals surface area contributed by atoms with Crippen LogP contribution in [-0.2, 0) is 117 Å². The molecule has 0 saturated carbocycles. The van der Waals surface area contributed by atoms with Crippen LogP contribution < -0.4 is 0 Å². The number of aliphatic hydroxyl groups is 3. The van der Waals surface area contributed by atoms with E-state index < -0.39 is 131 Å². The fourth-order valence-electron chi connectivity index (χ4n) is 3.68. The number of methoxy groups -OCH3 is 2. The number of aliphatic hydroxyl groups excluding tert-OH is 3. The Morgan fingerprint density at radius 1 is 0.390 bits per heavy atom. The summed E-state index contributed by atoms with van der Waals surface area (Å²) in [5, 5.41) is 28.2. The molecule has 0 fully saturated rings. The lowest BCUT2D eigenvalue weighted by molar-refractivity contribution is -0.181. The van der Waals surface area contributed by atoms with Crippen molar-refractivity contribution in [3.63, 3.8) is 0 Å². The Morgan fingerprint density at radius 2 is 0.610 bits per heavy atom. The van der Waals surface area contributed by atoms with Crippen molar-refractivity contribution in [2.24, 2.45) is 0 Å². The first-order valence-electron chi connectivity index (χ1n) is 17.4. The third-order valence-electron chi connectivity index (χ3n) is 7.02. The van der Waals surface area contributed by atoms with Crippen LogP contribution in [-0.4, -0.2) is 199 Å². The van der Waals surface area contributed by atoms with Crippen LogP contribution in [0.4, 0.5) is 0 Å². The number of ketones is 1. The number of esters is 5. The molecule has 12 unspecified atom stereocenters. The SMILES string of the molecule is CC(=O)C(O)CCS(C)=O.COC(=O)C(CCS(C)=O)OC(=O)C(CCS(C)=O)OC(=O)C(O)CCS(C)=O.COC(=O)C(CCS(C)=O)OC(=O)C(O)CCS(C)=O. The molecule has 0 bridgehead atoms. The Balaban J connectivity index is -0.000000898. The molecule has 348 valence electrons. The van der Waals surface area contributed by atoms with Crippen LogP contribution in [0.3, 0.4) is 0 Å². The third kappa shape index (κ3) is 35.1. The van der Waals surface area contributed by atoms with Crippen molar-refractivity contribution in [2.45, 2.75) is 82.1 Å². The summed E-state index contributed by atoms with van der Waals surface area (Å²) in [5.41, 5.74) is 0. The van der Waals surface area contributed by atoms with Crippen LogP contribution in [0.5, 0.6) is 0 Å². The Morgan fingerprint density at radius 3 is 0.847 bits per heavy atom. The molecule has 0 aromatic rings. The van der Waals surface area contributed by atoms with E-state index in [2.05, 4.69) is 9.47 Å². The lowest BCUT2D eigenvalue weighted by Crippen LogP contribution is -2.39. The second kappa shape index (κ2) is 35.4. The fourth-order valence-corrected chi connectivity index (χ4v) is 6.99. The number of Topliss-reactive ketones (excluding diaryl/α,β-unsaturated/α-hetero) is 1. The van der Waals surface area contributed by atoms with Crippen LogP contribution in [0, 0.1) is 0 Å². The van der Waals surface area contributed by atoms with Crippen molar-refractivity contribution in [2.75, 3.05) is 86.3 Å². The van der Waals surface area contributed by atoms with E-state index in [1.54, 1.807) is 6.26 Å². The largest absolute Gasteiger partial charge is 0.466 e. The quantitative estimate of drug-likeness (QED) is 0.0558. The zero-order chi connectivity index (χ0) is 46.4. The number of hydrogen-bond acceptors (Lipinski definition) is 20. The molecule has 26 heteroatoms. The lowest BCUT2D eigenvalue weighted by atomic mass is 10.2. The minimum atomic E-state index is -1.60. The number of ether oxygens (including phenoxy) is 5. The fraction of sp³-hybridized carbons (Fsp3) is 0.818. The van der Waals surface area contributed by atoms with Gasteiger partial charge in [0.1, 0.15) is 6.10 Å². The van der Waals surface area contributed by atoms with Gasteiger partial charge < -0.3 is 39.0 Å². The standard InChI is InChI=1S/C16H28O10S3.C11H20O7S2.C6H12O3S/c1-24-15(19)12(6-9-28(3)22)26-16(20)13(7-10-29(4)23)25-14(18)11(17)5-8-27(2)21;1-17-11(14)9(5-7-20(3)16)18-10(13)8(12)4-6-19(2)15;1-5(7)6(8)3-4-10(2)9/h11-13,17H,5-10H2,1-4H3;8-9,12H,4-7H2,1-3H3;6,8H,3-4H2,1-2H3. The normalized spacial score (nSPS) is 16.9. The molecule has 12 atom stereocenters. The summed E-state index contributed by atoms with van der Waals surface area (Å²) < 4.78 is 89.9. The number of rotatable bonds is 27. The average molecular weight is 969 g/mol. The van der Waals surface area contributed by atoms with Gasteiger partial charge in [-0.25, -0.2) is 24.0 Å². The zero-order valence-electron chi connectivity index (χ0n) is 34.7. The topological polar surface area (TPSA) is 312 Å². The van der Waals surface area contributed by atoms with E-state index in [4.69, 9.17) is 19.3 Å². The second-order valence-corrected chi connectivity index (χ2v) is 21.7. The van der Waals surface area contributed by atoms with Gasteiger partial charge in [0.2, 0.25) is 0 Å². The second-order valence-electron chi connectivity index (χ2n) is 12.4. The van der Waals surface area contributed by atoms with Gasteiger partial charge in [-0.1, -0.05) is 0 Å². The van der Waals surface area contributed by atoms with Crippen molar-refractivity contribution >= 4 is 100 Å². The number of carbonyl (C=O) groups is 6. The highest BCUT2D eigenvalue weighted by Crippen LogP contribution is 2.12. The molecule has 0 aliphatic rings. The number of hydrogen-bond donors (Lipinski definition) is 3. The van der Waals surface area contributed by atoms with Gasteiger partial charge in [0, 0.05) is 156 Å². The van der Waals surface area contributed by atoms with Crippen LogP contribution in [0.25, 0.3) is 0 Å². The molecule has 0 saturated heterocycles. The highest BCUT2D eigenvalue weighted by molar-refractivity contribution is 7.85. The summed E-state index contributed by atoms with van der Waals surface area (Å²) in [5.74, 6) is -4.22. The van der Waals surface area contributed by atoms with Gasteiger partial charge in [0.15, 0.2) is 36.3 Å². The lowest BCUT2D eigenvalue weighted by Gasteiger charge is -2.21. The van der Waals surface area contributed by atoms with Crippen LogP contribution in [0.15, 0.2) is 0 Å². The zero-order valence-corrected chi connectivity index (χ0v) is 39.6. The smallest absolute Gasteiger partial charge is 0.348 e. The van der Waals surface area contributed by atoms with Crippen LogP contribution >= 0.6 is 0 Å². The molecule has 3 N–H and O–H groups in total. The highest BCUT2D eigenvalue weighted by Gasteiger charge is 2.33. The van der Waals surface area contributed by atoms with E-state index in [-0.39, 0.29) is 66.7 Å². The molecule has 0 heterocycles. The van der Waals surface area contributed by atoms with E-state index >= 15 is 0 Å². The molecule has 0 aromatic carbocycles. The van der Waals surface area contributed by atoms with E-state index in [1.165, 1.54) is 38.2 Å². The minimum Gasteiger partial charge on any atom is -0.466 e. The highest BCUT2D eigenvalue weighted by atomic mass is 32.2. The summed E-state index contributed by atoms with van der Waals surface area (Å²) in [4.78, 5) is 69.7. The van der Waals surface area contributed by atoms with Crippen molar-refractivity contribution in [1.82, 2.24) is 0 Å². The molecule has 59 heavy (non-hydrogen) atoms. The average Bonchev–Trinajstić information content (AvgIpc) is 3.15. The Bertz CT molecular complexity index is 1470. The molecular weight excluding hydrogens is 909 g/mol. The van der Waals surface area contributed by atoms with Gasteiger partial charge in [-0.15, -0.1) is 0 Å². The monoisotopic (exact) mass is 968 g/mol. The number of carbonyl (C=O) groups excluding carboxylic acids is 6. The Labute approximate surface area is 360 Å². The molecule has 0 rings (SSSR count). The first-order chi connectivity index (χ1) is 27.3. The van der Waals surface area contributed by atoms with E-state index in [9.17, 15) is 64.2 Å². The van der Waals surface area contributed by atoms with Crippen molar-refractivity contribution in [1.29, 1.82) is 0 Å². The molecule has 0 spiro atoms. The van der Waals surface area contributed by atoms with Gasteiger partial charge in [0.25, 0.3) is 0 Å². The van der Waals surface area contributed by atoms with Gasteiger partial charge >= 0.3 is 29.8 Å². The van der Waals surface area contributed by atoms with E-state index in [1.807, 2.05) is 0 Å². The molecular formula is C33H60O20S6. The van der Waals surface area contributed by atoms with Crippen molar-refractivity contribution in [3.05, 3.63) is 0 Å². The third-order valence-corrected chi connectivity index (χ3v) is 11.9. The van der Waals surface area contributed by atoms with Crippen molar-refractivity contribution < 1.29 is 93.0 Å². The molecule has 0 amide bonds. The minimum absolute atomic E-state index is 0.00395. The maximum atomic E-state index is 12.4. The summed E-state index contributed by atoms with van der Waals surface area (Å²) in [6.07, 6.45) is 0.639. The molecule has 0 radical (unpaired) electrons. The molecule has 0 aromatic heterocycles. The summed E-state index contributed by atoms with van der Waals surface area (Å²) >= 11 is 0. The van der Waals surface area contributed by atoms with Crippen LogP contribution in [0.1, 0.15) is 45.4 Å². The van der Waals surface area contributed by atoms with E-state index in [0.29, 0.717) is 12.2 Å². The molecule has 0 aliphatic heterocycles. The molecule has 20 nitrogen and oxygen atoms in total. The van der Waals surface area contributed by atoms with Crippen LogP contribution in [0.2, 0.25) is 0 Å². The van der Waals surface area contributed by atoms with Gasteiger partial charge in [-0.05, 0) is 26.2 Å². The van der Waals surface area contributed by atoms with Gasteiger partial charge in [-0.3, -0.25) is 30.0 Å². The van der Waals surface area contributed by atoms with Gasteiger partial charge in [-0.2, -0.15) is 0 Å². The predicted octanol–water partition coefficient (Wildman–Crippen LogP) is -2.68. The Hall–Kier alpha value is -2.20. The van der Waals surface area contributed by atoms with Gasteiger partial charge in [0.05, 0.1) is 14.2 Å². The molecule has 0 aliphatic carbocycles. The Kier molecular flexibility index (Phi) is 36.7. The predicted molar refractivity (Wildman–Crippen MR) is 224 cm³/mol. The first-order valence-corrected chi connectivity index (χ1v) is 27.8. The first kappa shape index (κ1) is 61.1. The maximum Gasteiger partial charge on any atom is 0.348 e. The maximum absolute atomic E-state index is 12.4. The van der Waals surface area contributed by atoms with E-state index in [0.717, 1.165) is 14.2 Å². The van der Waals surface area contributed by atoms with Crippen molar-refractivity contribution in [3.8, 4) is 0 Å². The summed E-state index contributed by atoms with van der Waals surface area (Å²) in [6.45, 7) is 1.32.